The van der Waals surface area contributed by atoms with E-state index in [9.17, 15) is 4.79 Å². The van der Waals surface area contributed by atoms with Crippen LogP contribution in [-0.2, 0) is 16.6 Å². The molecule has 6 nitrogen and oxygen atoms in total. The molecule has 2 heterocycles. The smallest absolute Gasteiger partial charge is 0.332 e. The summed E-state index contributed by atoms with van der Waals surface area (Å²) in [7, 11) is 1.87. The number of rotatable bonds is 3. The zero-order valence-corrected chi connectivity index (χ0v) is 11.8. The predicted octanol–water partition coefficient (Wildman–Crippen LogP) is 2.17. The van der Waals surface area contributed by atoms with Gasteiger partial charge in [0.1, 0.15) is 6.10 Å². The normalized spacial score (nSPS) is 27.9. The molecule has 2 unspecified atom stereocenters. The summed E-state index contributed by atoms with van der Waals surface area (Å²) in [6, 6.07) is 0. The first-order valence-corrected chi connectivity index (χ1v) is 7.44. The van der Waals surface area contributed by atoms with Crippen molar-refractivity contribution in [2.24, 2.45) is 7.05 Å². The minimum Gasteiger partial charge on any atom is -0.479 e. The third-order valence-electron chi connectivity index (χ3n) is 4.37. The van der Waals surface area contributed by atoms with Crippen LogP contribution in [0.25, 0.3) is 0 Å². The van der Waals surface area contributed by atoms with E-state index >= 15 is 0 Å². The summed E-state index contributed by atoms with van der Waals surface area (Å²) in [6.45, 7) is 0. The Hall–Kier alpha value is -1.43. The van der Waals surface area contributed by atoms with Crippen molar-refractivity contribution in [2.75, 3.05) is 0 Å². The fraction of sp³-hybridized carbons (Fsp3) is 0.786. The second kappa shape index (κ2) is 5.52. The minimum atomic E-state index is -0.887. The summed E-state index contributed by atoms with van der Waals surface area (Å²) >= 11 is 0. The van der Waals surface area contributed by atoms with E-state index in [1.807, 2.05) is 7.05 Å². The lowest BCUT2D eigenvalue weighted by molar-refractivity contribution is -0.149. The number of aryl methyl sites for hydroxylation is 1. The van der Waals surface area contributed by atoms with Gasteiger partial charge in [-0.15, -0.1) is 0 Å². The van der Waals surface area contributed by atoms with E-state index in [2.05, 4.69) is 10.1 Å². The monoisotopic (exact) mass is 279 g/mol. The summed E-state index contributed by atoms with van der Waals surface area (Å²) in [4.78, 5) is 15.6. The molecule has 1 aliphatic carbocycles. The first-order chi connectivity index (χ1) is 9.65. The van der Waals surface area contributed by atoms with Gasteiger partial charge in [0.25, 0.3) is 0 Å². The Labute approximate surface area is 118 Å². The fourth-order valence-corrected chi connectivity index (χ4v) is 3.24. The Bertz CT molecular complexity index is 494. The molecule has 0 aromatic carbocycles. The number of carboxylic acids is 1. The molecule has 2 atom stereocenters. The van der Waals surface area contributed by atoms with Crippen molar-refractivity contribution in [3.05, 3.63) is 11.6 Å². The number of aliphatic carboxylic acids is 1. The van der Waals surface area contributed by atoms with Gasteiger partial charge in [-0.25, -0.2) is 9.78 Å². The molecular formula is C14H21N3O3. The molecule has 1 saturated carbocycles. The summed E-state index contributed by atoms with van der Waals surface area (Å²) in [5, 5.41) is 13.5. The molecule has 2 fully saturated rings. The van der Waals surface area contributed by atoms with Crippen molar-refractivity contribution in [3.8, 4) is 0 Å². The number of ether oxygens (including phenoxy) is 1. The van der Waals surface area contributed by atoms with E-state index in [4.69, 9.17) is 9.84 Å². The maximum atomic E-state index is 10.9. The molecule has 1 aromatic heterocycles. The van der Waals surface area contributed by atoms with Crippen molar-refractivity contribution in [1.29, 1.82) is 0 Å². The number of carboxylic acid groups (broad SMARTS) is 1. The highest BCUT2D eigenvalue weighted by atomic mass is 16.5. The zero-order chi connectivity index (χ0) is 14.1. The van der Waals surface area contributed by atoms with E-state index in [1.165, 1.54) is 19.3 Å². The molecule has 0 spiro atoms. The molecule has 1 saturated heterocycles. The minimum absolute atomic E-state index is 0.231. The first-order valence-electron chi connectivity index (χ1n) is 7.44. The molecule has 1 aliphatic heterocycles. The summed E-state index contributed by atoms with van der Waals surface area (Å²) in [5.74, 6) is 1.25. The molecule has 1 aromatic rings. The highest BCUT2D eigenvalue weighted by Crippen LogP contribution is 2.34. The molecule has 20 heavy (non-hydrogen) atoms. The largest absolute Gasteiger partial charge is 0.479 e. The summed E-state index contributed by atoms with van der Waals surface area (Å²) in [5.41, 5.74) is 0. The van der Waals surface area contributed by atoms with E-state index in [0.717, 1.165) is 24.5 Å². The quantitative estimate of drug-likeness (QED) is 0.917. The Balaban J connectivity index is 1.74. The Morgan fingerprint density at radius 2 is 2.00 bits per heavy atom. The van der Waals surface area contributed by atoms with Gasteiger partial charge in [-0.1, -0.05) is 19.3 Å². The van der Waals surface area contributed by atoms with Gasteiger partial charge in [0.15, 0.2) is 17.8 Å². The zero-order valence-electron chi connectivity index (χ0n) is 11.8. The van der Waals surface area contributed by atoms with Gasteiger partial charge in [-0.2, -0.15) is 5.10 Å². The molecule has 3 rings (SSSR count). The highest BCUT2D eigenvalue weighted by Gasteiger charge is 2.34. The van der Waals surface area contributed by atoms with Gasteiger partial charge in [-0.3, -0.25) is 4.68 Å². The molecule has 1 N–H and O–H groups in total. The molecule has 0 radical (unpaired) electrons. The van der Waals surface area contributed by atoms with Crippen molar-refractivity contribution >= 4 is 5.97 Å². The SMILES string of the molecule is Cn1nc(C2CCCCC2)nc1C1CCC(C(=O)O)O1. The van der Waals surface area contributed by atoms with E-state index in [0.29, 0.717) is 18.8 Å². The van der Waals surface area contributed by atoms with Gasteiger partial charge >= 0.3 is 5.97 Å². The number of aromatic nitrogens is 3. The third-order valence-corrected chi connectivity index (χ3v) is 4.37. The number of nitrogens with zero attached hydrogens (tertiary/aromatic N) is 3. The lowest BCUT2D eigenvalue weighted by Crippen LogP contribution is -2.19. The van der Waals surface area contributed by atoms with Gasteiger partial charge in [0.2, 0.25) is 0 Å². The van der Waals surface area contributed by atoms with Gasteiger partial charge in [0, 0.05) is 13.0 Å². The second-order valence-corrected chi connectivity index (χ2v) is 5.82. The molecule has 110 valence electrons. The van der Waals surface area contributed by atoms with Crippen LogP contribution in [-0.4, -0.2) is 31.9 Å². The molecule has 2 aliphatic rings. The summed E-state index contributed by atoms with van der Waals surface area (Å²) < 4.78 is 7.33. The van der Waals surface area contributed by atoms with Crippen molar-refractivity contribution in [1.82, 2.24) is 14.8 Å². The molecule has 0 bridgehead atoms. The second-order valence-electron chi connectivity index (χ2n) is 5.82. The van der Waals surface area contributed by atoms with E-state index in [-0.39, 0.29) is 6.10 Å². The Morgan fingerprint density at radius 1 is 1.25 bits per heavy atom. The van der Waals surface area contributed by atoms with Crippen LogP contribution >= 0.6 is 0 Å². The van der Waals surface area contributed by atoms with Crippen LogP contribution < -0.4 is 0 Å². The van der Waals surface area contributed by atoms with Crippen molar-refractivity contribution in [3.63, 3.8) is 0 Å². The fourth-order valence-electron chi connectivity index (χ4n) is 3.24. The molecule has 0 amide bonds. The first kappa shape index (κ1) is 13.5. The third kappa shape index (κ3) is 2.57. The van der Waals surface area contributed by atoms with E-state index < -0.39 is 12.1 Å². The van der Waals surface area contributed by atoms with Crippen LogP contribution in [0.5, 0.6) is 0 Å². The van der Waals surface area contributed by atoms with E-state index in [1.54, 1.807) is 4.68 Å². The van der Waals surface area contributed by atoms with Gasteiger partial charge < -0.3 is 9.84 Å². The lowest BCUT2D eigenvalue weighted by Gasteiger charge is -2.18. The Morgan fingerprint density at radius 3 is 2.65 bits per heavy atom. The van der Waals surface area contributed by atoms with Crippen LogP contribution in [0.2, 0.25) is 0 Å². The maximum Gasteiger partial charge on any atom is 0.332 e. The van der Waals surface area contributed by atoms with Crippen LogP contribution in [0.3, 0.4) is 0 Å². The van der Waals surface area contributed by atoms with Crippen molar-refractivity contribution in [2.45, 2.75) is 63.1 Å². The maximum absolute atomic E-state index is 10.9. The molecule has 6 heteroatoms. The highest BCUT2D eigenvalue weighted by molar-refractivity contribution is 5.72. The standard InChI is InChI=1S/C14H21N3O3/c1-17-13(10-7-8-11(20-10)14(18)19)15-12(16-17)9-5-3-2-4-6-9/h9-11H,2-8H2,1H3,(H,18,19). The molecular weight excluding hydrogens is 258 g/mol. The van der Waals surface area contributed by atoms with Crippen LogP contribution in [0.4, 0.5) is 0 Å². The topological polar surface area (TPSA) is 77.2 Å². The number of carbonyl (C=O) groups is 1. The van der Waals surface area contributed by atoms with Gasteiger partial charge in [0.05, 0.1) is 0 Å². The summed E-state index contributed by atoms with van der Waals surface area (Å²) in [6.07, 6.45) is 6.44. The predicted molar refractivity (Wildman–Crippen MR) is 71.3 cm³/mol. The Kier molecular flexibility index (Phi) is 3.74. The average molecular weight is 279 g/mol. The number of hydrogen-bond acceptors (Lipinski definition) is 4. The van der Waals surface area contributed by atoms with Crippen LogP contribution in [0.15, 0.2) is 0 Å². The van der Waals surface area contributed by atoms with Gasteiger partial charge in [-0.05, 0) is 25.7 Å². The van der Waals surface area contributed by atoms with Crippen LogP contribution in [0, 0.1) is 0 Å². The number of hydrogen-bond donors (Lipinski definition) is 1. The average Bonchev–Trinajstić information content (AvgIpc) is 3.06. The lowest BCUT2D eigenvalue weighted by atomic mass is 9.89. The van der Waals surface area contributed by atoms with Crippen molar-refractivity contribution < 1.29 is 14.6 Å². The van der Waals surface area contributed by atoms with Crippen LogP contribution in [0.1, 0.15) is 68.6 Å².